The molecule has 1 aromatic rings. The fourth-order valence-electron chi connectivity index (χ4n) is 6.50. The molecule has 38 heavy (non-hydrogen) atoms. The lowest BCUT2D eigenvalue weighted by molar-refractivity contribution is -0.274. The van der Waals surface area contributed by atoms with Crippen molar-refractivity contribution in [3.8, 4) is 5.75 Å². The van der Waals surface area contributed by atoms with Gasteiger partial charge in [-0.05, 0) is 80.5 Å². The van der Waals surface area contributed by atoms with E-state index in [-0.39, 0.29) is 47.9 Å². The van der Waals surface area contributed by atoms with Crippen molar-refractivity contribution >= 4 is 25.4 Å². The van der Waals surface area contributed by atoms with E-state index >= 15 is 0 Å². The van der Waals surface area contributed by atoms with E-state index in [0.29, 0.717) is 31.2 Å². The molecule has 4 fully saturated rings. The molecule has 12 heteroatoms. The average Bonchev–Trinajstić information content (AvgIpc) is 3.18. The van der Waals surface area contributed by atoms with Crippen LogP contribution in [0, 0.1) is 17.3 Å². The van der Waals surface area contributed by atoms with Gasteiger partial charge in [-0.1, -0.05) is 32.4 Å². The Morgan fingerprint density at radius 2 is 1.89 bits per heavy atom. The zero-order valence-corrected chi connectivity index (χ0v) is 23.1. The summed E-state index contributed by atoms with van der Waals surface area (Å²) in [5.74, 6) is 0.208. The number of carbonyl (C=O) groups is 1. The average molecular weight is 562 g/mol. The van der Waals surface area contributed by atoms with Gasteiger partial charge in [0.1, 0.15) is 5.75 Å². The molecule has 5 N–H and O–H groups in total. The van der Waals surface area contributed by atoms with Gasteiger partial charge in [-0.25, -0.2) is 0 Å². The minimum atomic E-state index is -4.75. The number of amides is 1. The van der Waals surface area contributed by atoms with E-state index in [1.807, 2.05) is 0 Å². The van der Waals surface area contributed by atoms with Crippen molar-refractivity contribution in [2.45, 2.75) is 89.2 Å². The molecule has 0 unspecified atom stereocenters. The van der Waals surface area contributed by atoms with Crippen LogP contribution < -0.4 is 21.5 Å². The second-order valence-electron chi connectivity index (χ2n) is 11.6. The summed E-state index contributed by atoms with van der Waals surface area (Å²) in [6, 6.07) is 5.14. The number of benzene rings is 1. The molecule has 1 heterocycles. The minimum Gasteiger partial charge on any atom is -0.406 e. The first-order valence-corrected chi connectivity index (χ1v) is 13.2. The number of hydrogen-bond acceptors (Lipinski definition) is 6. The number of ether oxygens (including phenoxy) is 1. The van der Waals surface area contributed by atoms with Crippen LogP contribution in [0.3, 0.4) is 0 Å². The summed E-state index contributed by atoms with van der Waals surface area (Å²) in [5.41, 5.74) is 12.2. The Balaban J connectivity index is 0.00000400. The smallest absolute Gasteiger partial charge is 0.406 e. The van der Waals surface area contributed by atoms with Crippen molar-refractivity contribution in [2.24, 2.45) is 28.7 Å². The number of nitrogens with one attached hydrogen (secondary N) is 1. The summed E-state index contributed by atoms with van der Waals surface area (Å²) >= 11 is 0. The maximum absolute atomic E-state index is 12.7. The fraction of sp³-hybridized carbons (Fsp3) is 0.731. The van der Waals surface area contributed by atoms with Gasteiger partial charge in [-0.3, -0.25) is 4.79 Å². The van der Waals surface area contributed by atoms with Crippen LogP contribution in [0.25, 0.3) is 0 Å². The van der Waals surface area contributed by atoms with Crippen LogP contribution in [-0.4, -0.2) is 50.2 Å². The molecule has 1 aliphatic heterocycles. The monoisotopic (exact) mass is 561 g/mol. The normalized spacial score (nSPS) is 28.9. The van der Waals surface area contributed by atoms with E-state index in [1.54, 1.807) is 12.1 Å². The zero-order valence-electron chi connectivity index (χ0n) is 22.3. The highest BCUT2D eigenvalue weighted by Gasteiger charge is 2.68. The second-order valence-corrected chi connectivity index (χ2v) is 11.6. The number of rotatable bonds is 11. The first-order valence-electron chi connectivity index (χ1n) is 13.2. The predicted molar refractivity (Wildman–Crippen MR) is 142 cm³/mol. The van der Waals surface area contributed by atoms with E-state index in [1.165, 1.54) is 12.1 Å². The lowest BCUT2D eigenvalue weighted by Gasteiger charge is -2.64. The number of unbranched alkanes of at least 4 members (excludes halogenated alkanes) is 1. The number of carbonyl (C=O) groups excluding carboxylic acids is 1. The Morgan fingerprint density at radius 3 is 2.50 bits per heavy atom. The summed E-state index contributed by atoms with van der Waals surface area (Å²) < 4.78 is 54.8. The molecule has 1 saturated heterocycles. The highest BCUT2D eigenvalue weighted by Crippen LogP contribution is 2.66. The molecular formula is C26H40BClF3N3O4. The molecule has 6 atom stereocenters. The first-order chi connectivity index (χ1) is 17.3. The molecule has 7 nitrogen and oxygen atoms in total. The Labute approximate surface area is 229 Å². The third-order valence-electron chi connectivity index (χ3n) is 8.85. The molecule has 0 spiro atoms. The molecule has 1 amide bonds. The second kappa shape index (κ2) is 11.9. The van der Waals surface area contributed by atoms with Gasteiger partial charge in [0, 0.05) is 12.4 Å². The number of halogens is 4. The van der Waals surface area contributed by atoms with Crippen molar-refractivity contribution in [3.63, 3.8) is 0 Å². The summed E-state index contributed by atoms with van der Waals surface area (Å²) in [5, 5.41) is 2.95. The third kappa shape index (κ3) is 6.61. The Kier molecular flexibility index (Phi) is 9.73. The fourth-order valence-corrected chi connectivity index (χ4v) is 6.50. The van der Waals surface area contributed by atoms with E-state index in [9.17, 15) is 18.0 Å². The van der Waals surface area contributed by atoms with Crippen LogP contribution in [0.15, 0.2) is 24.3 Å². The van der Waals surface area contributed by atoms with Gasteiger partial charge < -0.3 is 30.8 Å². The predicted octanol–water partition coefficient (Wildman–Crippen LogP) is 4.22. The topological polar surface area (TPSA) is 109 Å². The highest BCUT2D eigenvalue weighted by atomic mass is 35.5. The van der Waals surface area contributed by atoms with Crippen molar-refractivity contribution in [1.29, 1.82) is 0 Å². The van der Waals surface area contributed by atoms with Gasteiger partial charge in [0.05, 0.1) is 17.7 Å². The molecule has 4 aliphatic rings. The number of alkyl halides is 3. The molecule has 0 aromatic heterocycles. The Bertz CT molecular complexity index is 955. The van der Waals surface area contributed by atoms with Gasteiger partial charge in [0.15, 0.2) is 0 Å². The largest absolute Gasteiger partial charge is 0.573 e. The Hall–Kier alpha value is -1.53. The number of hydrogen-bond donors (Lipinski definition) is 3. The molecular weight excluding hydrogens is 522 g/mol. The van der Waals surface area contributed by atoms with Crippen molar-refractivity contribution in [3.05, 3.63) is 29.8 Å². The van der Waals surface area contributed by atoms with E-state index in [0.717, 1.165) is 31.2 Å². The van der Waals surface area contributed by atoms with Gasteiger partial charge in [0.2, 0.25) is 5.91 Å². The molecule has 0 radical (unpaired) electrons. The summed E-state index contributed by atoms with van der Waals surface area (Å²) in [7, 11) is -0.551. The molecule has 5 rings (SSSR count). The standard InChI is InChI=1S/C26H39BF3N3O4.ClH/c1-24(2)17-13-21(24)25(3)22(14-17)36-27(37-25)18(15-33-23(34)20(32)6-4-5-11-31)12-16-7-9-19(10-8-16)35-26(28,29)30;/h7-10,17-18,20-22H,4-6,11-15,31-32H2,1-3H3,(H,33,34);1H/t17-,18-,20+,21-,22+,25-;/m1./s1. The lowest BCUT2D eigenvalue weighted by atomic mass is 9.43. The van der Waals surface area contributed by atoms with Crippen molar-refractivity contribution in [2.75, 3.05) is 13.1 Å². The van der Waals surface area contributed by atoms with Gasteiger partial charge in [-0.15, -0.1) is 25.6 Å². The SMILES string of the molecule is CC1(C)[C@H]2C[C@@H]3OB([C@@H](CNC(=O)[C@@H](N)CCCCN)Cc4ccc(OC(F)(F)F)cc4)O[C@]3(C)[C@@H]1C2.Cl. The quantitative estimate of drug-likeness (QED) is 0.276. The minimum absolute atomic E-state index is 0. The zero-order chi connectivity index (χ0) is 27.0. The maximum Gasteiger partial charge on any atom is 0.573 e. The summed E-state index contributed by atoms with van der Waals surface area (Å²) in [6.45, 7) is 7.54. The molecule has 3 saturated carbocycles. The molecule has 1 aromatic carbocycles. The molecule has 2 bridgehead atoms. The van der Waals surface area contributed by atoms with Gasteiger partial charge >= 0.3 is 13.5 Å². The van der Waals surface area contributed by atoms with Crippen LogP contribution in [0.4, 0.5) is 13.2 Å². The van der Waals surface area contributed by atoms with E-state index < -0.39 is 25.1 Å². The molecule has 214 valence electrons. The van der Waals surface area contributed by atoms with Crippen molar-refractivity contribution < 1.29 is 32.0 Å². The van der Waals surface area contributed by atoms with Crippen LogP contribution in [0.5, 0.6) is 5.75 Å². The first kappa shape index (κ1) is 31.0. The summed E-state index contributed by atoms with van der Waals surface area (Å²) in [4.78, 5) is 12.7. The van der Waals surface area contributed by atoms with Crippen molar-refractivity contribution in [1.82, 2.24) is 5.32 Å². The van der Waals surface area contributed by atoms with E-state index in [2.05, 4.69) is 30.8 Å². The molecule has 3 aliphatic carbocycles. The van der Waals surface area contributed by atoms with Crippen LogP contribution >= 0.6 is 12.4 Å². The number of nitrogens with two attached hydrogens (primary N) is 2. The van der Waals surface area contributed by atoms with Crippen LogP contribution in [0.2, 0.25) is 5.82 Å². The maximum atomic E-state index is 12.7. The van der Waals surface area contributed by atoms with Gasteiger partial charge in [0.25, 0.3) is 0 Å². The van der Waals surface area contributed by atoms with Crippen LogP contribution in [0.1, 0.15) is 58.4 Å². The summed E-state index contributed by atoms with van der Waals surface area (Å²) in [6.07, 6.45) is -0.144. The van der Waals surface area contributed by atoms with Gasteiger partial charge in [-0.2, -0.15) is 0 Å². The van der Waals surface area contributed by atoms with Crippen LogP contribution in [-0.2, 0) is 20.5 Å². The lowest BCUT2D eigenvalue weighted by Crippen LogP contribution is -2.65. The Morgan fingerprint density at radius 1 is 1.21 bits per heavy atom. The third-order valence-corrected chi connectivity index (χ3v) is 8.85. The van der Waals surface area contributed by atoms with E-state index in [4.69, 9.17) is 20.8 Å². The highest BCUT2D eigenvalue weighted by molar-refractivity contribution is 6.47.